The molecule has 1 unspecified atom stereocenters. The minimum Gasteiger partial charge on any atom is -0.481 e. The third-order valence-electron chi connectivity index (χ3n) is 3.79. The summed E-state index contributed by atoms with van der Waals surface area (Å²) in [5.41, 5.74) is 2.43. The minimum absolute atomic E-state index is 0.275. The first-order chi connectivity index (χ1) is 10.3. The first-order valence-electron chi connectivity index (χ1n) is 7.56. The number of rotatable bonds is 8. The fourth-order valence-electron chi connectivity index (χ4n) is 2.58. The number of aliphatic carboxylic acids is 1. The second-order valence-electron chi connectivity index (χ2n) is 5.46. The van der Waals surface area contributed by atoms with Gasteiger partial charge in [-0.25, -0.2) is 0 Å². The monoisotopic (exact) mass is 282 g/mol. The molecule has 0 bridgehead atoms. The van der Waals surface area contributed by atoms with Gasteiger partial charge in [-0.05, 0) is 36.8 Å². The van der Waals surface area contributed by atoms with Crippen molar-refractivity contribution in [3.05, 3.63) is 71.8 Å². The van der Waals surface area contributed by atoms with Crippen molar-refractivity contribution < 1.29 is 9.90 Å². The summed E-state index contributed by atoms with van der Waals surface area (Å²) >= 11 is 0. The molecule has 0 heterocycles. The van der Waals surface area contributed by atoms with Crippen LogP contribution in [0.3, 0.4) is 0 Å². The van der Waals surface area contributed by atoms with Crippen LogP contribution in [0.1, 0.15) is 30.4 Å². The molecule has 1 atom stereocenters. The highest BCUT2D eigenvalue weighted by Gasteiger charge is 2.17. The fourth-order valence-corrected chi connectivity index (χ4v) is 2.58. The van der Waals surface area contributed by atoms with Crippen LogP contribution in [-0.4, -0.2) is 11.1 Å². The van der Waals surface area contributed by atoms with E-state index in [4.69, 9.17) is 0 Å². The van der Waals surface area contributed by atoms with Crippen LogP contribution in [0.5, 0.6) is 0 Å². The van der Waals surface area contributed by atoms with Gasteiger partial charge in [0.15, 0.2) is 0 Å². The normalized spacial score (nSPS) is 12.0. The van der Waals surface area contributed by atoms with Crippen molar-refractivity contribution in [2.24, 2.45) is 5.92 Å². The summed E-state index contributed by atoms with van der Waals surface area (Å²) in [4.78, 5) is 11.4. The quantitative estimate of drug-likeness (QED) is 0.731. The first kappa shape index (κ1) is 15.3. The Balaban J connectivity index is 1.77. The number of hydrogen-bond acceptors (Lipinski definition) is 1. The van der Waals surface area contributed by atoms with Gasteiger partial charge in [0, 0.05) is 0 Å². The molecule has 2 aromatic rings. The molecule has 0 aliphatic rings. The van der Waals surface area contributed by atoms with Crippen molar-refractivity contribution in [3.63, 3.8) is 0 Å². The highest BCUT2D eigenvalue weighted by molar-refractivity contribution is 5.70. The second kappa shape index (κ2) is 8.25. The van der Waals surface area contributed by atoms with Gasteiger partial charge in [0.05, 0.1) is 5.92 Å². The molecule has 0 saturated heterocycles. The van der Waals surface area contributed by atoms with Gasteiger partial charge < -0.3 is 5.11 Å². The van der Waals surface area contributed by atoms with Crippen molar-refractivity contribution in [2.45, 2.75) is 32.1 Å². The molecule has 0 spiro atoms. The Morgan fingerprint density at radius 2 is 1.43 bits per heavy atom. The summed E-state index contributed by atoms with van der Waals surface area (Å²) in [6, 6.07) is 20.2. The SMILES string of the molecule is O=C(O)C(CCCCc1ccccc1)Cc1ccccc1. The van der Waals surface area contributed by atoms with Gasteiger partial charge in [-0.2, -0.15) is 0 Å². The lowest BCUT2D eigenvalue weighted by Crippen LogP contribution is -2.16. The minimum atomic E-state index is -0.682. The zero-order valence-electron chi connectivity index (χ0n) is 12.2. The smallest absolute Gasteiger partial charge is 0.306 e. The standard InChI is InChI=1S/C19H22O2/c20-19(21)18(15-17-12-5-2-6-13-17)14-8-7-11-16-9-3-1-4-10-16/h1-6,9-10,12-13,18H,7-8,11,14-15H2,(H,20,21). The summed E-state index contributed by atoms with van der Waals surface area (Å²) in [5.74, 6) is -0.957. The topological polar surface area (TPSA) is 37.3 Å². The molecule has 0 aliphatic heterocycles. The summed E-state index contributed by atoms with van der Waals surface area (Å²) in [5, 5.41) is 9.35. The van der Waals surface area contributed by atoms with E-state index in [-0.39, 0.29) is 5.92 Å². The third kappa shape index (κ3) is 5.42. The van der Waals surface area contributed by atoms with E-state index in [1.54, 1.807) is 0 Å². The van der Waals surface area contributed by atoms with Crippen molar-refractivity contribution in [3.8, 4) is 0 Å². The van der Waals surface area contributed by atoms with E-state index in [0.29, 0.717) is 6.42 Å². The van der Waals surface area contributed by atoms with Crippen LogP contribution in [0.4, 0.5) is 0 Å². The molecule has 0 amide bonds. The number of aryl methyl sites for hydroxylation is 1. The number of benzene rings is 2. The zero-order valence-corrected chi connectivity index (χ0v) is 12.2. The molecule has 2 heteroatoms. The van der Waals surface area contributed by atoms with Gasteiger partial charge in [0.25, 0.3) is 0 Å². The summed E-state index contributed by atoms with van der Waals surface area (Å²) < 4.78 is 0. The van der Waals surface area contributed by atoms with E-state index >= 15 is 0 Å². The third-order valence-corrected chi connectivity index (χ3v) is 3.79. The van der Waals surface area contributed by atoms with Crippen LogP contribution >= 0.6 is 0 Å². The number of carboxylic acids is 1. The Morgan fingerprint density at radius 3 is 2.00 bits per heavy atom. The molecular formula is C19H22O2. The molecule has 0 aliphatic carbocycles. The van der Waals surface area contributed by atoms with E-state index in [2.05, 4.69) is 12.1 Å². The van der Waals surface area contributed by atoms with E-state index in [0.717, 1.165) is 31.2 Å². The Bertz CT molecular complexity index is 534. The van der Waals surface area contributed by atoms with Gasteiger partial charge in [-0.15, -0.1) is 0 Å². The Kier molecular flexibility index (Phi) is 6.01. The van der Waals surface area contributed by atoms with Crippen LogP contribution in [0.25, 0.3) is 0 Å². The molecule has 2 rings (SSSR count). The van der Waals surface area contributed by atoms with Crippen molar-refractivity contribution in [1.29, 1.82) is 0 Å². The zero-order chi connectivity index (χ0) is 14.9. The van der Waals surface area contributed by atoms with E-state index in [1.165, 1.54) is 5.56 Å². The average molecular weight is 282 g/mol. The van der Waals surface area contributed by atoms with Crippen molar-refractivity contribution in [1.82, 2.24) is 0 Å². The number of carbonyl (C=O) groups is 1. The predicted octanol–water partition coefficient (Wildman–Crippen LogP) is 4.34. The summed E-state index contributed by atoms with van der Waals surface area (Å²) in [7, 11) is 0. The number of carboxylic acid groups (broad SMARTS) is 1. The lowest BCUT2D eigenvalue weighted by molar-refractivity contribution is -0.142. The lowest BCUT2D eigenvalue weighted by atomic mass is 9.93. The molecule has 0 fully saturated rings. The van der Waals surface area contributed by atoms with Crippen molar-refractivity contribution in [2.75, 3.05) is 0 Å². The van der Waals surface area contributed by atoms with Crippen LogP contribution in [0.2, 0.25) is 0 Å². The maximum Gasteiger partial charge on any atom is 0.306 e. The molecule has 0 aromatic heterocycles. The van der Waals surface area contributed by atoms with Gasteiger partial charge >= 0.3 is 5.97 Å². The molecule has 21 heavy (non-hydrogen) atoms. The fraction of sp³-hybridized carbons (Fsp3) is 0.316. The molecule has 2 aromatic carbocycles. The molecule has 0 saturated carbocycles. The summed E-state index contributed by atoms with van der Waals surface area (Å²) in [6.45, 7) is 0. The van der Waals surface area contributed by atoms with Crippen LogP contribution in [0, 0.1) is 5.92 Å². The molecule has 1 N–H and O–H groups in total. The maximum atomic E-state index is 11.4. The Hall–Kier alpha value is -2.09. The number of unbranched alkanes of at least 4 members (excludes halogenated alkanes) is 1. The van der Waals surface area contributed by atoms with E-state index < -0.39 is 5.97 Å². The average Bonchev–Trinajstić information content (AvgIpc) is 2.52. The summed E-state index contributed by atoms with van der Waals surface area (Å²) in [6.07, 6.45) is 4.40. The molecule has 2 nitrogen and oxygen atoms in total. The molecule has 0 radical (unpaired) electrons. The number of hydrogen-bond donors (Lipinski definition) is 1. The van der Waals surface area contributed by atoms with E-state index in [1.807, 2.05) is 48.5 Å². The lowest BCUT2D eigenvalue weighted by Gasteiger charge is -2.12. The van der Waals surface area contributed by atoms with Gasteiger partial charge in [-0.3, -0.25) is 4.79 Å². The highest BCUT2D eigenvalue weighted by Crippen LogP contribution is 2.17. The second-order valence-corrected chi connectivity index (χ2v) is 5.46. The highest BCUT2D eigenvalue weighted by atomic mass is 16.4. The molecular weight excluding hydrogens is 260 g/mol. The van der Waals surface area contributed by atoms with Crippen molar-refractivity contribution >= 4 is 5.97 Å². The first-order valence-corrected chi connectivity index (χ1v) is 7.56. The molecule has 110 valence electrons. The van der Waals surface area contributed by atoms with Crippen LogP contribution in [-0.2, 0) is 17.6 Å². The van der Waals surface area contributed by atoms with Crippen LogP contribution in [0.15, 0.2) is 60.7 Å². The largest absolute Gasteiger partial charge is 0.481 e. The predicted molar refractivity (Wildman–Crippen MR) is 85.3 cm³/mol. The Morgan fingerprint density at radius 1 is 0.857 bits per heavy atom. The van der Waals surface area contributed by atoms with Gasteiger partial charge in [0.2, 0.25) is 0 Å². The van der Waals surface area contributed by atoms with Gasteiger partial charge in [-0.1, -0.05) is 67.1 Å². The van der Waals surface area contributed by atoms with E-state index in [9.17, 15) is 9.90 Å². The van der Waals surface area contributed by atoms with Crippen LogP contribution < -0.4 is 0 Å². The van der Waals surface area contributed by atoms with Gasteiger partial charge in [0.1, 0.15) is 0 Å². The maximum absolute atomic E-state index is 11.4. The Labute approximate surface area is 126 Å².